The van der Waals surface area contributed by atoms with Crippen LogP contribution in [0.1, 0.15) is 37.6 Å². The summed E-state index contributed by atoms with van der Waals surface area (Å²) >= 11 is 6.68. The SMILES string of the molecule is Cc1cc(NS(C)(=O)=O)c(Cl)c(-c2nc(C3(C)CC3)[nH]c2-c2ccnc(NCCC#N)n2)c1. The van der Waals surface area contributed by atoms with Crippen molar-refractivity contribution in [1.82, 2.24) is 19.9 Å². The number of benzene rings is 1. The average molecular weight is 486 g/mol. The number of anilines is 2. The fourth-order valence-corrected chi connectivity index (χ4v) is 4.35. The first kappa shape index (κ1) is 23.0. The molecule has 2 heterocycles. The van der Waals surface area contributed by atoms with Crippen molar-refractivity contribution in [2.75, 3.05) is 22.8 Å². The van der Waals surface area contributed by atoms with Gasteiger partial charge in [0.05, 0.1) is 46.5 Å². The highest BCUT2D eigenvalue weighted by Crippen LogP contribution is 2.48. The van der Waals surface area contributed by atoms with Crippen LogP contribution in [0.2, 0.25) is 5.02 Å². The Morgan fingerprint density at radius 2 is 2.06 bits per heavy atom. The Kier molecular flexibility index (Phi) is 6.03. The number of imidazole rings is 1. The minimum Gasteiger partial charge on any atom is -0.353 e. The molecule has 0 unspecified atom stereocenters. The molecule has 1 aliphatic rings. The molecule has 0 aliphatic heterocycles. The summed E-state index contributed by atoms with van der Waals surface area (Å²) in [7, 11) is -3.52. The van der Waals surface area contributed by atoms with Crippen molar-refractivity contribution in [2.45, 2.75) is 38.5 Å². The highest BCUT2D eigenvalue weighted by Gasteiger charge is 2.42. The fraction of sp³-hybridized carbons (Fsp3) is 0.364. The minimum atomic E-state index is -3.52. The predicted molar refractivity (Wildman–Crippen MR) is 129 cm³/mol. The summed E-state index contributed by atoms with van der Waals surface area (Å²) in [6.45, 7) is 4.44. The van der Waals surface area contributed by atoms with Gasteiger partial charge in [-0.05, 0) is 43.5 Å². The third kappa shape index (κ3) is 5.10. The van der Waals surface area contributed by atoms with Crippen molar-refractivity contribution >= 4 is 33.3 Å². The lowest BCUT2D eigenvalue weighted by molar-refractivity contribution is 0.607. The number of aromatic nitrogens is 4. The topological polar surface area (TPSA) is 136 Å². The molecular weight excluding hydrogens is 462 g/mol. The fourth-order valence-electron chi connectivity index (χ4n) is 3.49. The van der Waals surface area contributed by atoms with Crippen molar-refractivity contribution in [2.24, 2.45) is 0 Å². The summed E-state index contributed by atoms with van der Waals surface area (Å²) in [6, 6.07) is 7.41. The number of nitriles is 1. The molecule has 172 valence electrons. The van der Waals surface area contributed by atoms with Crippen LogP contribution in [-0.4, -0.2) is 41.2 Å². The normalized spacial score (nSPS) is 14.5. The molecule has 0 saturated heterocycles. The smallest absolute Gasteiger partial charge is 0.229 e. The second kappa shape index (κ2) is 8.65. The van der Waals surface area contributed by atoms with Crippen LogP contribution in [-0.2, 0) is 15.4 Å². The number of sulfonamides is 1. The van der Waals surface area contributed by atoms with Crippen molar-refractivity contribution in [3.8, 4) is 28.7 Å². The minimum absolute atomic E-state index is 0.0436. The van der Waals surface area contributed by atoms with Gasteiger partial charge in [0.1, 0.15) is 5.82 Å². The van der Waals surface area contributed by atoms with E-state index in [0.29, 0.717) is 47.2 Å². The van der Waals surface area contributed by atoms with Gasteiger partial charge in [0.15, 0.2) is 0 Å². The molecule has 1 saturated carbocycles. The number of nitrogens with zero attached hydrogens (tertiary/aromatic N) is 4. The van der Waals surface area contributed by atoms with E-state index in [1.54, 1.807) is 18.3 Å². The van der Waals surface area contributed by atoms with E-state index in [1.165, 1.54) is 0 Å². The molecule has 33 heavy (non-hydrogen) atoms. The van der Waals surface area contributed by atoms with Crippen LogP contribution >= 0.6 is 11.6 Å². The van der Waals surface area contributed by atoms with Gasteiger partial charge in [-0.2, -0.15) is 5.26 Å². The lowest BCUT2D eigenvalue weighted by atomic mass is 10.0. The van der Waals surface area contributed by atoms with Gasteiger partial charge < -0.3 is 10.3 Å². The largest absolute Gasteiger partial charge is 0.353 e. The summed E-state index contributed by atoms with van der Waals surface area (Å²) in [5.41, 5.74) is 3.54. The molecule has 1 aliphatic carbocycles. The number of rotatable bonds is 8. The maximum Gasteiger partial charge on any atom is 0.229 e. The van der Waals surface area contributed by atoms with Gasteiger partial charge in [0.25, 0.3) is 0 Å². The van der Waals surface area contributed by atoms with Crippen molar-refractivity contribution in [1.29, 1.82) is 5.26 Å². The molecule has 3 N–H and O–H groups in total. The Morgan fingerprint density at radius 3 is 2.73 bits per heavy atom. The number of halogens is 1. The molecule has 0 bridgehead atoms. The summed E-state index contributed by atoms with van der Waals surface area (Å²) in [5, 5.41) is 12.1. The molecule has 0 atom stereocenters. The Labute approximate surface area is 197 Å². The Balaban J connectivity index is 1.85. The zero-order valence-corrected chi connectivity index (χ0v) is 20.1. The third-order valence-corrected chi connectivity index (χ3v) is 6.47. The number of H-pyrrole nitrogens is 1. The quantitative estimate of drug-likeness (QED) is 0.405. The molecule has 4 rings (SSSR count). The van der Waals surface area contributed by atoms with Gasteiger partial charge in [0.2, 0.25) is 16.0 Å². The van der Waals surface area contributed by atoms with Gasteiger partial charge >= 0.3 is 0 Å². The molecule has 9 nitrogen and oxygen atoms in total. The number of hydrogen-bond acceptors (Lipinski definition) is 7. The lowest BCUT2D eigenvalue weighted by Crippen LogP contribution is -2.10. The zero-order valence-electron chi connectivity index (χ0n) is 18.5. The Morgan fingerprint density at radius 1 is 1.30 bits per heavy atom. The maximum absolute atomic E-state index is 11.9. The summed E-state index contributed by atoms with van der Waals surface area (Å²) in [5.74, 6) is 1.23. The Bertz CT molecular complexity index is 1360. The number of hydrogen-bond donors (Lipinski definition) is 3. The first-order valence-corrected chi connectivity index (χ1v) is 12.7. The van der Waals surface area contributed by atoms with E-state index in [2.05, 4.69) is 38.0 Å². The maximum atomic E-state index is 11.9. The van der Waals surface area contributed by atoms with Gasteiger partial charge in [-0.1, -0.05) is 18.5 Å². The second-order valence-electron chi connectivity index (χ2n) is 8.52. The van der Waals surface area contributed by atoms with E-state index in [1.807, 2.05) is 13.0 Å². The first-order chi connectivity index (χ1) is 15.6. The summed E-state index contributed by atoms with van der Waals surface area (Å²) in [4.78, 5) is 17.1. The Hall–Kier alpha value is -3.16. The molecule has 0 amide bonds. The van der Waals surface area contributed by atoms with E-state index in [0.717, 1.165) is 30.5 Å². The molecule has 3 aromatic rings. The molecule has 11 heteroatoms. The van der Waals surface area contributed by atoms with E-state index < -0.39 is 10.0 Å². The molecule has 2 aromatic heterocycles. The van der Waals surface area contributed by atoms with Crippen molar-refractivity contribution < 1.29 is 8.42 Å². The number of nitrogens with one attached hydrogen (secondary N) is 3. The highest BCUT2D eigenvalue weighted by atomic mass is 35.5. The van der Waals surface area contributed by atoms with Crippen LogP contribution in [0.25, 0.3) is 22.6 Å². The molecule has 1 fully saturated rings. The standard InChI is InChI=1S/C22H24ClN7O2S/c1-13-11-14(17(23)16(12-13)30-33(3,31)32)18-19(29-20(28-18)22(2)6-7-22)15-5-10-26-21(27-15)25-9-4-8-24/h5,10-12,30H,4,6-7,9H2,1-3H3,(H,28,29)(H,25,26,27). The van der Waals surface area contributed by atoms with Crippen LogP contribution < -0.4 is 10.0 Å². The number of aryl methyl sites for hydroxylation is 1. The predicted octanol–water partition coefficient (Wildman–Crippen LogP) is 4.24. The summed E-state index contributed by atoms with van der Waals surface area (Å²) < 4.78 is 26.2. The van der Waals surface area contributed by atoms with Gasteiger partial charge in [0, 0.05) is 23.7 Å². The van der Waals surface area contributed by atoms with E-state index >= 15 is 0 Å². The van der Waals surface area contributed by atoms with Gasteiger partial charge in [-0.3, -0.25) is 4.72 Å². The third-order valence-electron chi connectivity index (χ3n) is 5.47. The lowest BCUT2D eigenvalue weighted by Gasteiger charge is -2.12. The summed E-state index contributed by atoms with van der Waals surface area (Å²) in [6.07, 6.45) is 5.09. The van der Waals surface area contributed by atoms with Crippen LogP contribution in [0, 0.1) is 18.3 Å². The second-order valence-corrected chi connectivity index (χ2v) is 10.6. The molecular formula is C22H24ClN7O2S. The average Bonchev–Trinajstić information content (AvgIpc) is 3.33. The van der Waals surface area contributed by atoms with E-state index in [4.69, 9.17) is 21.8 Å². The van der Waals surface area contributed by atoms with E-state index in [9.17, 15) is 8.42 Å². The zero-order chi connectivity index (χ0) is 23.8. The van der Waals surface area contributed by atoms with Gasteiger partial charge in [-0.15, -0.1) is 0 Å². The molecule has 1 aromatic carbocycles. The highest BCUT2D eigenvalue weighted by molar-refractivity contribution is 7.92. The van der Waals surface area contributed by atoms with Crippen LogP contribution in [0.4, 0.5) is 11.6 Å². The van der Waals surface area contributed by atoms with Crippen molar-refractivity contribution in [3.63, 3.8) is 0 Å². The first-order valence-electron chi connectivity index (χ1n) is 10.4. The van der Waals surface area contributed by atoms with Crippen molar-refractivity contribution in [3.05, 3.63) is 40.8 Å². The van der Waals surface area contributed by atoms with Crippen LogP contribution in [0.15, 0.2) is 24.4 Å². The van der Waals surface area contributed by atoms with Gasteiger partial charge in [-0.25, -0.2) is 23.4 Å². The van der Waals surface area contributed by atoms with E-state index in [-0.39, 0.29) is 10.4 Å². The van der Waals surface area contributed by atoms with Crippen LogP contribution in [0.5, 0.6) is 0 Å². The number of aromatic amines is 1. The monoisotopic (exact) mass is 485 g/mol. The molecule has 0 radical (unpaired) electrons. The van der Waals surface area contributed by atoms with Crippen LogP contribution in [0.3, 0.4) is 0 Å². The molecule has 0 spiro atoms.